The molecule has 1 aromatic carbocycles. The smallest absolute Gasteiger partial charge is 0.309 e. The Balaban J connectivity index is 2.09. The zero-order chi connectivity index (χ0) is 17.7. The van der Waals surface area contributed by atoms with Crippen LogP contribution in [0.25, 0.3) is 0 Å². The monoisotopic (exact) mass is 375 g/mol. The van der Waals surface area contributed by atoms with Crippen LogP contribution in [0.1, 0.15) is 26.7 Å². The van der Waals surface area contributed by atoms with E-state index in [2.05, 4.69) is 0 Å². The molecular weight excluding hydrogens is 354 g/mol. The lowest BCUT2D eigenvalue weighted by Gasteiger charge is -2.30. The fourth-order valence-electron chi connectivity index (χ4n) is 2.66. The summed E-state index contributed by atoms with van der Waals surface area (Å²) in [5.41, 5.74) is 0. The van der Waals surface area contributed by atoms with Crippen molar-refractivity contribution in [3.8, 4) is 5.75 Å². The van der Waals surface area contributed by atoms with Gasteiger partial charge in [-0.3, -0.25) is 4.79 Å². The molecule has 6 nitrogen and oxygen atoms in total. The summed E-state index contributed by atoms with van der Waals surface area (Å²) in [7, 11) is -3.64. The van der Waals surface area contributed by atoms with Crippen molar-refractivity contribution in [3.63, 3.8) is 0 Å². The minimum atomic E-state index is -3.64. The number of carbonyl (C=O) groups is 1. The molecule has 0 N–H and O–H groups in total. The summed E-state index contributed by atoms with van der Waals surface area (Å²) in [6, 6.07) is 4.45. The van der Waals surface area contributed by atoms with E-state index in [-0.39, 0.29) is 34.9 Å². The Morgan fingerprint density at radius 2 is 1.92 bits per heavy atom. The van der Waals surface area contributed by atoms with Gasteiger partial charge in [-0.15, -0.1) is 0 Å². The second-order valence-corrected chi connectivity index (χ2v) is 7.80. The molecule has 0 radical (unpaired) electrons. The van der Waals surface area contributed by atoms with Crippen LogP contribution in [0.2, 0.25) is 5.02 Å². The van der Waals surface area contributed by atoms with E-state index in [9.17, 15) is 13.2 Å². The summed E-state index contributed by atoms with van der Waals surface area (Å²) in [4.78, 5) is 11.9. The lowest BCUT2D eigenvalue weighted by atomic mass is 9.98. The molecule has 0 aliphatic carbocycles. The van der Waals surface area contributed by atoms with Crippen LogP contribution >= 0.6 is 11.6 Å². The number of carbonyl (C=O) groups excluding carboxylic acids is 1. The lowest BCUT2D eigenvalue weighted by molar-refractivity contribution is -0.149. The van der Waals surface area contributed by atoms with Crippen LogP contribution < -0.4 is 4.74 Å². The number of sulfonamides is 1. The normalized spacial score (nSPS) is 16.8. The third-order valence-corrected chi connectivity index (χ3v) is 6.10. The molecule has 1 fully saturated rings. The van der Waals surface area contributed by atoms with Gasteiger partial charge in [0.2, 0.25) is 10.0 Å². The molecule has 1 aromatic rings. The van der Waals surface area contributed by atoms with Crippen LogP contribution in [-0.4, -0.2) is 45.0 Å². The minimum Gasteiger partial charge on any atom is -0.492 e. The summed E-state index contributed by atoms with van der Waals surface area (Å²) in [6.07, 6.45) is 0.922. The van der Waals surface area contributed by atoms with Gasteiger partial charge < -0.3 is 9.47 Å². The summed E-state index contributed by atoms with van der Waals surface area (Å²) in [6.45, 7) is 4.95. The first-order valence-electron chi connectivity index (χ1n) is 7.99. The first-order chi connectivity index (χ1) is 11.4. The summed E-state index contributed by atoms with van der Waals surface area (Å²) in [5.74, 6) is -0.0295. The number of hydrogen-bond acceptors (Lipinski definition) is 5. The Kier molecular flexibility index (Phi) is 6.48. The van der Waals surface area contributed by atoms with Crippen molar-refractivity contribution < 1.29 is 22.7 Å². The van der Waals surface area contributed by atoms with Gasteiger partial charge in [-0.1, -0.05) is 11.6 Å². The molecule has 24 heavy (non-hydrogen) atoms. The molecule has 1 heterocycles. The van der Waals surface area contributed by atoms with Crippen LogP contribution in [0, 0.1) is 5.92 Å². The number of piperidine rings is 1. The van der Waals surface area contributed by atoms with Crippen molar-refractivity contribution in [1.29, 1.82) is 0 Å². The van der Waals surface area contributed by atoms with Crippen LogP contribution in [0.5, 0.6) is 5.75 Å². The molecule has 0 unspecified atom stereocenters. The highest BCUT2D eigenvalue weighted by Gasteiger charge is 2.33. The fraction of sp³-hybridized carbons (Fsp3) is 0.562. The molecule has 0 aromatic heterocycles. The summed E-state index contributed by atoms with van der Waals surface area (Å²) >= 11 is 6.08. The SMILES string of the molecule is CCOC(=O)C1CCN(S(=O)(=O)c2ccc(OCC)c(Cl)c2)CC1. The van der Waals surface area contributed by atoms with Gasteiger partial charge in [-0.05, 0) is 44.9 Å². The Bertz CT molecular complexity index is 684. The van der Waals surface area contributed by atoms with Gasteiger partial charge in [0.05, 0.1) is 29.0 Å². The number of rotatable bonds is 6. The first kappa shape index (κ1) is 19.0. The molecule has 1 aliphatic rings. The van der Waals surface area contributed by atoms with Crippen molar-refractivity contribution in [1.82, 2.24) is 4.31 Å². The van der Waals surface area contributed by atoms with Gasteiger partial charge in [-0.2, -0.15) is 4.31 Å². The van der Waals surface area contributed by atoms with Crippen molar-refractivity contribution >= 4 is 27.6 Å². The molecule has 134 valence electrons. The van der Waals surface area contributed by atoms with E-state index in [1.807, 2.05) is 6.92 Å². The van der Waals surface area contributed by atoms with Crippen molar-refractivity contribution in [2.45, 2.75) is 31.6 Å². The number of benzene rings is 1. The fourth-order valence-corrected chi connectivity index (χ4v) is 4.45. The van der Waals surface area contributed by atoms with Crippen molar-refractivity contribution in [2.24, 2.45) is 5.92 Å². The van der Waals surface area contributed by atoms with Crippen LogP contribution in [0.15, 0.2) is 23.1 Å². The maximum absolute atomic E-state index is 12.7. The highest BCUT2D eigenvalue weighted by atomic mass is 35.5. The third kappa shape index (κ3) is 4.20. The summed E-state index contributed by atoms with van der Waals surface area (Å²) in [5, 5.41) is 0.263. The number of ether oxygens (including phenoxy) is 2. The van der Waals surface area contributed by atoms with Gasteiger partial charge in [0.1, 0.15) is 5.75 Å². The zero-order valence-electron chi connectivity index (χ0n) is 13.8. The van der Waals surface area contributed by atoms with Gasteiger partial charge in [0, 0.05) is 13.1 Å². The number of hydrogen-bond donors (Lipinski definition) is 0. The largest absolute Gasteiger partial charge is 0.492 e. The molecule has 1 aliphatic heterocycles. The van der Waals surface area contributed by atoms with E-state index < -0.39 is 10.0 Å². The van der Waals surface area contributed by atoms with Gasteiger partial charge in [0.15, 0.2) is 0 Å². The van der Waals surface area contributed by atoms with Gasteiger partial charge in [-0.25, -0.2) is 8.42 Å². The molecule has 0 bridgehead atoms. The third-order valence-electron chi connectivity index (χ3n) is 3.91. The standard InChI is InChI=1S/C16H22ClNO5S/c1-3-22-15-6-5-13(11-14(15)17)24(20,21)18-9-7-12(8-10-18)16(19)23-4-2/h5-6,11-12H,3-4,7-10H2,1-2H3. The predicted molar refractivity (Wildman–Crippen MR) is 90.7 cm³/mol. The maximum atomic E-state index is 12.7. The molecule has 0 spiro atoms. The highest BCUT2D eigenvalue weighted by molar-refractivity contribution is 7.89. The molecule has 0 saturated carbocycles. The lowest BCUT2D eigenvalue weighted by Crippen LogP contribution is -2.40. The van der Waals surface area contributed by atoms with Crippen molar-refractivity contribution in [3.05, 3.63) is 23.2 Å². The molecule has 2 rings (SSSR count). The molecule has 0 atom stereocenters. The van der Waals surface area contributed by atoms with Crippen LogP contribution in [-0.2, 0) is 19.6 Å². The highest BCUT2D eigenvalue weighted by Crippen LogP contribution is 2.30. The molecule has 8 heteroatoms. The predicted octanol–water partition coefficient (Wildman–Crippen LogP) is 2.70. The Morgan fingerprint density at radius 1 is 1.25 bits per heavy atom. The minimum absolute atomic E-state index is 0.130. The average molecular weight is 376 g/mol. The van der Waals surface area contributed by atoms with E-state index in [1.54, 1.807) is 13.0 Å². The van der Waals surface area contributed by atoms with Crippen molar-refractivity contribution in [2.75, 3.05) is 26.3 Å². The van der Waals surface area contributed by atoms with Gasteiger partial charge in [0.25, 0.3) is 0 Å². The Morgan fingerprint density at radius 3 is 2.46 bits per heavy atom. The second kappa shape index (κ2) is 8.18. The zero-order valence-corrected chi connectivity index (χ0v) is 15.4. The molecule has 1 saturated heterocycles. The van der Waals surface area contributed by atoms with E-state index in [4.69, 9.17) is 21.1 Å². The Labute approximate surface area is 147 Å². The topological polar surface area (TPSA) is 72.9 Å². The first-order valence-corrected chi connectivity index (χ1v) is 9.81. The Hall–Kier alpha value is -1.31. The molecular formula is C16H22ClNO5S. The van der Waals surface area contributed by atoms with E-state index >= 15 is 0 Å². The number of halogens is 1. The second-order valence-electron chi connectivity index (χ2n) is 5.46. The van der Waals surface area contributed by atoms with E-state index in [0.717, 1.165) is 0 Å². The van der Waals surface area contributed by atoms with E-state index in [0.29, 0.717) is 31.8 Å². The maximum Gasteiger partial charge on any atom is 0.309 e. The number of nitrogens with zero attached hydrogens (tertiary/aromatic N) is 1. The van der Waals surface area contributed by atoms with E-state index in [1.165, 1.54) is 16.4 Å². The van der Waals surface area contributed by atoms with Crippen LogP contribution in [0.4, 0.5) is 0 Å². The average Bonchev–Trinajstić information content (AvgIpc) is 2.57. The quantitative estimate of drug-likeness (QED) is 0.715. The van der Waals surface area contributed by atoms with Crippen LogP contribution in [0.3, 0.4) is 0 Å². The molecule has 0 amide bonds. The summed E-state index contributed by atoms with van der Waals surface area (Å²) < 4.78 is 37.1. The van der Waals surface area contributed by atoms with Gasteiger partial charge >= 0.3 is 5.97 Å². The number of esters is 1.